The average Bonchev–Trinajstić information content (AvgIpc) is 3.00. The number of halogens is 1. The number of hydrogen-bond donors (Lipinski definition) is 0. The van der Waals surface area contributed by atoms with Crippen LogP contribution in [0.4, 0.5) is 5.69 Å². The molecule has 3 rings (SSSR count). The average molecular weight is 332 g/mol. The van der Waals surface area contributed by atoms with Crippen molar-refractivity contribution in [3.05, 3.63) is 68.2 Å². The van der Waals surface area contributed by atoms with E-state index in [1.54, 1.807) is 0 Å². The summed E-state index contributed by atoms with van der Waals surface area (Å²) < 4.78 is 5.40. The summed E-state index contributed by atoms with van der Waals surface area (Å²) in [6.07, 6.45) is 3.20. The number of aryl methyl sites for hydroxylation is 2. The van der Waals surface area contributed by atoms with Gasteiger partial charge in [0.15, 0.2) is 12.4 Å². The number of nitrogens with zero attached hydrogens (tertiary/aromatic N) is 1. The fourth-order valence-corrected chi connectivity index (χ4v) is 2.92. The molecule has 5 nitrogen and oxygen atoms in total. The molecule has 0 atom stereocenters. The van der Waals surface area contributed by atoms with E-state index in [1.165, 1.54) is 29.3 Å². The van der Waals surface area contributed by atoms with E-state index in [0.29, 0.717) is 5.56 Å². The summed E-state index contributed by atoms with van der Waals surface area (Å²) >= 11 is 5.94. The topological polar surface area (TPSA) is 69.4 Å². The molecule has 118 valence electrons. The van der Waals surface area contributed by atoms with Crippen LogP contribution in [0.3, 0.4) is 0 Å². The Hall–Kier alpha value is -2.40. The SMILES string of the molecule is O=C(COc1ccc([N+](=O)[O-])cc1Cl)c1ccc2c(c1)CCC2. The van der Waals surface area contributed by atoms with Gasteiger partial charge in [-0.05, 0) is 42.5 Å². The molecular weight excluding hydrogens is 318 g/mol. The van der Waals surface area contributed by atoms with Crippen molar-refractivity contribution in [1.29, 1.82) is 0 Å². The van der Waals surface area contributed by atoms with Crippen molar-refractivity contribution in [1.82, 2.24) is 0 Å². The van der Waals surface area contributed by atoms with Crippen molar-refractivity contribution < 1.29 is 14.5 Å². The normalized spacial score (nSPS) is 12.7. The third kappa shape index (κ3) is 3.35. The van der Waals surface area contributed by atoms with E-state index in [0.717, 1.165) is 19.3 Å². The molecule has 0 fully saturated rings. The van der Waals surface area contributed by atoms with Gasteiger partial charge in [-0.25, -0.2) is 0 Å². The highest BCUT2D eigenvalue weighted by atomic mass is 35.5. The summed E-state index contributed by atoms with van der Waals surface area (Å²) in [6, 6.07) is 9.63. The van der Waals surface area contributed by atoms with E-state index >= 15 is 0 Å². The van der Waals surface area contributed by atoms with Gasteiger partial charge in [0.05, 0.1) is 9.95 Å². The third-order valence-corrected chi connectivity index (χ3v) is 4.20. The molecule has 6 heteroatoms. The predicted molar refractivity (Wildman–Crippen MR) is 86.4 cm³/mol. The second-order valence-corrected chi connectivity index (χ2v) is 5.83. The quantitative estimate of drug-likeness (QED) is 0.471. The van der Waals surface area contributed by atoms with E-state index < -0.39 is 4.92 Å². The molecule has 0 heterocycles. The van der Waals surface area contributed by atoms with Gasteiger partial charge in [0, 0.05) is 17.7 Å². The fraction of sp³-hybridized carbons (Fsp3) is 0.235. The number of carbonyl (C=O) groups excluding carboxylic acids is 1. The molecule has 0 amide bonds. The van der Waals surface area contributed by atoms with Gasteiger partial charge >= 0.3 is 0 Å². The molecule has 0 aliphatic heterocycles. The molecule has 2 aromatic carbocycles. The van der Waals surface area contributed by atoms with Gasteiger partial charge in [-0.15, -0.1) is 0 Å². The maximum absolute atomic E-state index is 12.2. The monoisotopic (exact) mass is 331 g/mol. The van der Waals surface area contributed by atoms with Crippen LogP contribution in [-0.2, 0) is 12.8 Å². The van der Waals surface area contributed by atoms with Crippen LogP contribution in [0.2, 0.25) is 5.02 Å². The van der Waals surface area contributed by atoms with Crippen LogP contribution in [0.1, 0.15) is 27.9 Å². The number of Topliss-reactive ketones (excluding diaryl/α,β-unsaturated/α-hetero) is 1. The lowest BCUT2D eigenvalue weighted by molar-refractivity contribution is -0.384. The zero-order valence-corrected chi connectivity index (χ0v) is 13.0. The molecule has 0 unspecified atom stereocenters. The minimum atomic E-state index is -0.536. The summed E-state index contributed by atoms with van der Waals surface area (Å²) in [5.41, 5.74) is 3.03. The number of ether oxygens (including phenoxy) is 1. The summed E-state index contributed by atoms with van der Waals surface area (Å²) in [5.74, 6) is 0.112. The largest absolute Gasteiger partial charge is 0.484 e. The minimum Gasteiger partial charge on any atom is -0.484 e. The molecule has 0 radical (unpaired) electrons. The molecule has 0 bridgehead atoms. The van der Waals surface area contributed by atoms with Gasteiger partial charge in [-0.3, -0.25) is 14.9 Å². The number of ketones is 1. The van der Waals surface area contributed by atoms with Gasteiger partial charge in [-0.2, -0.15) is 0 Å². The Kier molecular flexibility index (Phi) is 4.30. The highest BCUT2D eigenvalue weighted by Crippen LogP contribution is 2.29. The van der Waals surface area contributed by atoms with Crippen LogP contribution in [0.15, 0.2) is 36.4 Å². The maximum Gasteiger partial charge on any atom is 0.271 e. The Balaban J connectivity index is 1.68. The molecule has 0 N–H and O–H groups in total. The highest BCUT2D eigenvalue weighted by Gasteiger charge is 2.15. The Morgan fingerprint density at radius 1 is 1.17 bits per heavy atom. The van der Waals surface area contributed by atoms with Gasteiger partial charge in [0.1, 0.15) is 5.75 Å². The molecule has 0 saturated heterocycles. The number of nitro benzene ring substituents is 1. The van der Waals surface area contributed by atoms with Gasteiger partial charge in [0.25, 0.3) is 5.69 Å². The van der Waals surface area contributed by atoms with Gasteiger partial charge < -0.3 is 4.74 Å². The molecule has 23 heavy (non-hydrogen) atoms. The van der Waals surface area contributed by atoms with Gasteiger partial charge in [0.2, 0.25) is 0 Å². The first-order valence-electron chi connectivity index (χ1n) is 7.26. The Bertz CT molecular complexity index is 788. The van der Waals surface area contributed by atoms with E-state index in [1.807, 2.05) is 18.2 Å². The number of benzene rings is 2. The van der Waals surface area contributed by atoms with Crippen molar-refractivity contribution in [3.63, 3.8) is 0 Å². The molecule has 1 aliphatic carbocycles. The summed E-state index contributed by atoms with van der Waals surface area (Å²) in [4.78, 5) is 22.4. The van der Waals surface area contributed by atoms with Crippen LogP contribution in [0.5, 0.6) is 5.75 Å². The third-order valence-electron chi connectivity index (χ3n) is 3.91. The zero-order chi connectivity index (χ0) is 16.4. The van der Waals surface area contributed by atoms with E-state index in [-0.39, 0.29) is 28.8 Å². The molecule has 0 saturated carbocycles. The van der Waals surface area contributed by atoms with Crippen molar-refractivity contribution in [3.8, 4) is 5.75 Å². The Morgan fingerprint density at radius 3 is 2.70 bits per heavy atom. The number of hydrogen-bond acceptors (Lipinski definition) is 4. The van der Waals surface area contributed by atoms with E-state index in [4.69, 9.17) is 16.3 Å². The van der Waals surface area contributed by atoms with Crippen LogP contribution < -0.4 is 4.74 Å². The highest BCUT2D eigenvalue weighted by molar-refractivity contribution is 6.32. The maximum atomic E-state index is 12.2. The van der Waals surface area contributed by atoms with Crippen LogP contribution in [0, 0.1) is 10.1 Å². The molecule has 0 aromatic heterocycles. The first-order valence-corrected chi connectivity index (χ1v) is 7.64. The number of non-ortho nitro benzene ring substituents is 1. The fourth-order valence-electron chi connectivity index (χ4n) is 2.69. The van der Waals surface area contributed by atoms with Crippen LogP contribution in [0.25, 0.3) is 0 Å². The predicted octanol–water partition coefficient (Wildman–Crippen LogP) is 4.00. The first kappa shape index (κ1) is 15.5. The van der Waals surface area contributed by atoms with Crippen molar-refractivity contribution >= 4 is 23.1 Å². The summed E-state index contributed by atoms with van der Waals surface area (Å²) in [7, 11) is 0. The van der Waals surface area contributed by atoms with E-state index in [2.05, 4.69) is 0 Å². The number of nitro groups is 1. The summed E-state index contributed by atoms with van der Waals surface area (Å²) in [5, 5.41) is 10.8. The van der Waals surface area contributed by atoms with Crippen molar-refractivity contribution in [2.75, 3.05) is 6.61 Å². The molecule has 1 aliphatic rings. The zero-order valence-electron chi connectivity index (χ0n) is 12.3. The lowest BCUT2D eigenvalue weighted by atomic mass is 10.0. The second kappa shape index (κ2) is 6.38. The number of rotatable bonds is 5. The number of fused-ring (bicyclic) bond motifs is 1. The van der Waals surface area contributed by atoms with E-state index in [9.17, 15) is 14.9 Å². The summed E-state index contributed by atoms with van der Waals surface area (Å²) in [6.45, 7) is -0.156. The molecular formula is C17H14ClNO4. The smallest absolute Gasteiger partial charge is 0.271 e. The van der Waals surface area contributed by atoms with Crippen LogP contribution >= 0.6 is 11.6 Å². The lowest BCUT2D eigenvalue weighted by Gasteiger charge is -2.08. The van der Waals surface area contributed by atoms with Gasteiger partial charge in [-0.1, -0.05) is 23.7 Å². The Morgan fingerprint density at radius 2 is 1.96 bits per heavy atom. The van der Waals surface area contributed by atoms with Crippen molar-refractivity contribution in [2.24, 2.45) is 0 Å². The lowest BCUT2D eigenvalue weighted by Crippen LogP contribution is -2.12. The van der Waals surface area contributed by atoms with Crippen LogP contribution in [-0.4, -0.2) is 17.3 Å². The first-order chi connectivity index (χ1) is 11.0. The standard InChI is InChI=1S/C17H14ClNO4/c18-15-9-14(19(21)22)6-7-17(15)23-10-16(20)13-5-4-11-2-1-3-12(11)8-13/h4-9H,1-3,10H2. The van der Waals surface area contributed by atoms with Crippen molar-refractivity contribution in [2.45, 2.75) is 19.3 Å². The Labute approximate surface area is 138 Å². The number of carbonyl (C=O) groups is 1. The second-order valence-electron chi connectivity index (χ2n) is 5.42. The molecule has 2 aromatic rings. The molecule has 0 spiro atoms. The minimum absolute atomic E-state index is 0.112.